The molecule has 0 amide bonds. The van der Waals surface area contributed by atoms with Crippen molar-refractivity contribution in [1.29, 1.82) is 0 Å². The third-order valence-electron chi connectivity index (χ3n) is 2.64. The fraction of sp³-hybridized carbons (Fsp3) is 0.0714. The number of benzene rings is 1. The van der Waals surface area contributed by atoms with Crippen molar-refractivity contribution in [3.05, 3.63) is 57.1 Å². The van der Waals surface area contributed by atoms with E-state index < -0.39 is 0 Å². The van der Waals surface area contributed by atoms with E-state index in [2.05, 4.69) is 33.2 Å². The minimum atomic E-state index is 0.745. The largest absolute Gasteiger partial charge is 0.357 e. The lowest BCUT2D eigenvalue weighted by atomic mass is 10.2. The summed E-state index contributed by atoms with van der Waals surface area (Å²) in [5, 5.41) is 9.17. The van der Waals surface area contributed by atoms with Crippen molar-refractivity contribution in [1.82, 2.24) is 4.98 Å². The summed E-state index contributed by atoms with van der Waals surface area (Å²) in [6.45, 7) is 0.825. The summed E-state index contributed by atoms with van der Waals surface area (Å²) < 4.78 is 0. The van der Waals surface area contributed by atoms with Crippen LogP contribution in [-0.4, -0.2) is 4.98 Å². The second kappa shape index (κ2) is 5.74. The molecule has 0 fully saturated rings. The first-order valence-corrected chi connectivity index (χ1v) is 7.93. The van der Waals surface area contributed by atoms with Crippen LogP contribution in [0.25, 0.3) is 11.3 Å². The van der Waals surface area contributed by atoms with Crippen molar-refractivity contribution >= 4 is 39.4 Å². The second-order valence-electron chi connectivity index (χ2n) is 3.98. The summed E-state index contributed by atoms with van der Waals surface area (Å²) in [6, 6.07) is 11.9. The molecule has 0 unspecified atom stereocenters. The fourth-order valence-corrected chi connectivity index (χ4v) is 3.17. The van der Waals surface area contributed by atoms with Gasteiger partial charge in [0.05, 0.1) is 12.2 Å². The van der Waals surface area contributed by atoms with Crippen molar-refractivity contribution in [3.8, 4) is 11.3 Å². The van der Waals surface area contributed by atoms with E-state index in [0.717, 1.165) is 28.0 Å². The predicted octanol–water partition coefficient (Wildman–Crippen LogP) is 5.14. The Balaban J connectivity index is 1.70. The first-order valence-electron chi connectivity index (χ1n) is 5.79. The molecule has 2 nitrogen and oxygen atoms in total. The highest BCUT2D eigenvalue weighted by Crippen LogP contribution is 2.26. The Morgan fingerprint density at radius 2 is 1.95 bits per heavy atom. The number of thiophene rings is 1. The van der Waals surface area contributed by atoms with Gasteiger partial charge in [0.1, 0.15) is 0 Å². The molecule has 0 spiro atoms. The number of rotatable bonds is 4. The zero-order chi connectivity index (χ0) is 13.1. The normalized spacial score (nSPS) is 10.6. The molecule has 2 heterocycles. The molecule has 0 aliphatic heterocycles. The van der Waals surface area contributed by atoms with Crippen molar-refractivity contribution in [3.63, 3.8) is 0 Å². The van der Waals surface area contributed by atoms with Gasteiger partial charge in [0, 0.05) is 20.8 Å². The Kier molecular flexibility index (Phi) is 3.82. The third-order valence-corrected chi connectivity index (χ3v) is 4.57. The molecular weight excluding hydrogens is 296 g/mol. The molecule has 0 atom stereocenters. The Labute approximate surface area is 124 Å². The molecule has 0 aliphatic rings. The van der Waals surface area contributed by atoms with Crippen molar-refractivity contribution in [2.45, 2.75) is 6.54 Å². The molecule has 0 bridgehead atoms. The maximum atomic E-state index is 5.88. The van der Waals surface area contributed by atoms with E-state index in [1.807, 2.05) is 24.3 Å². The summed E-state index contributed by atoms with van der Waals surface area (Å²) >= 11 is 9.25. The maximum absolute atomic E-state index is 5.88. The standard InChI is InChI=1S/C14H11ClN2S2/c15-11-5-3-10(4-6-11)13-9-19-14(17-13)16-8-12-2-1-7-18-12/h1-7,9H,8H2,(H,16,17). The summed E-state index contributed by atoms with van der Waals surface area (Å²) in [5.41, 5.74) is 2.07. The third kappa shape index (κ3) is 3.15. The molecule has 19 heavy (non-hydrogen) atoms. The lowest BCUT2D eigenvalue weighted by Crippen LogP contribution is -1.96. The average molecular weight is 307 g/mol. The summed E-state index contributed by atoms with van der Waals surface area (Å²) in [5.74, 6) is 0. The molecule has 96 valence electrons. The lowest BCUT2D eigenvalue weighted by Gasteiger charge is -1.99. The number of hydrogen-bond donors (Lipinski definition) is 1. The van der Waals surface area contributed by atoms with E-state index in [-0.39, 0.29) is 0 Å². The minimum Gasteiger partial charge on any atom is -0.357 e. The van der Waals surface area contributed by atoms with Gasteiger partial charge in [0.2, 0.25) is 0 Å². The number of nitrogens with zero attached hydrogens (tertiary/aromatic N) is 1. The molecule has 5 heteroatoms. The van der Waals surface area contributed by atoms with Crippen LogP contribution >= 0.6 is 34.3 Å². The Morgan fingerprint density at radius 3 is 2.68 bits per heavy atom. The van der Waals surface area contributed by atoms with Crippen molar-refractivity contribution < 1.29 is 0 Å². The van der Waals surface area contributed by atoms with Crippen LogP contribution < -0.4 is 5.32 Å². The second-order valence-corrected chi connectivity index (χ2v) is 6.30. The van der Waals surface area contributed by atoms with E-state index in [4.69, 9.17) is 11.6 Å². The molecule has 3 aromatic rings. The van der Waals surface area contributed by atoms with Gasteiger partial charge in [0.15, 0.2) is 5.13 Å². The molecule has 1 aromatic carbocycles. The number of halogens is 1. The SMILES string of the molecule is Clc1ccc(-c2csc(NCc3cccs3)n2)cc1. The predicted molar refractivity (Wildman–Crippen MR) is 84.2 cm³/mol. The maximum Gasteiger partial charge on any atom is 0.183 e. The highest BCUT2D eigenvalue weighted by Gasteiger charge is 2.04. The quantitative estimate of drug-likeness (QED) is 0.722. The van der Waals surface area contributed by atoms with E-state index in [1.54, 1.807) is 22.7 Å². The van der Waals surface area contributed by atoms with Gasteiger partial charge < -0.3 is 5.32 Å². The van der Waals surface area contributed by atoms with Crippen LogP contribution in [0.4, 0.5) is 5.13 Å². The van der Waals surface area contributed by atoms with Gasteiger partial charge in [-0.25, -0.2) is 4.98 Å². The number of aromatic nitrogens is 1. The first-order chi connectivity index (χ1) is 9.31. The van der Waals surface area contributed by atoms with Crippen LogP contribution in [0.1, 0.15) is 4.88 Å². The molecule has 1 N–H and O–H groups in total. The smallest absolute Gasteiger partial charge is 0.183 e. The van der Waals surface area contributed by atoms with Gasteiger partial charge in [-0.05, 0) is 23.6 Å². The van der Waals surface area contributed by atoms with Gasteiger partial charge in [-0.1, -0.05) is 29.8 Å². The highest BCUT2D eigenvalue weighted by atomic mass is 35.5. The molecule has 0 radical (unpaired) electrons. The summed E-state index contributed by atoms with van der Waals surface area (Å²) in [6.07, 6.45) is 0. The molecule has 0 saturated heterocycles. The van der Waals surface area contributed by atoms with Gasteiger partial charge in [0.25, 0.3) is 0 Å². The van der Waals surface area contributed by atoms with E-state index in [1.165, 1.54) is 4.88 Å². The van der Waals surface area contributed by atoms with Crippen LogP contribution in [0.2, 0.25) is 5.02 Å². The molecule has 0 saturated carbocycles. The van der Waals surface area contributed by atoms with E-state index >= 15 is 0 Å². The topological polar surface area (TPSA) is 24.9 Å². The summed E-state index contributed by atoms with van der Waals surface area (Å²) in [4.78, 5) is 5.89. The Bertz CT molecular complexity index is 644. The molecule has 3 rings (SSSR count). The van der Waals surface area contributed by atoms with Crippen LogP contribution in [0.5, 0.6) is 0 Å². The lowest BCUT2D eigenvalue weighted by molar-refractivity contribution is 1.17. The number of anilines is 1. The number of hydrogen-bond acceptors (Lipinski definition) is 4. The molecular formula is C14H11ClN2S2. The minimum absolute atomic E-state index is 0.745. The van der Waals surface area contributed by atoms with E-state index in [0.29, 0.717) is 0 Å². The van der Waals surface area contributed by atoms with Crippen LogP contribution in [0.15, 0.2) is 47.2 Å². The molecule has 0 aliphatic carbocycles. The van der Waals surface area contributed by atoms with Crippen molar-refractivity contribution in [2.75, 3.05) is 5.32 Å². The number of nitrogens with one attached hydrogen (secondary N) is 1. The number of thiazole rings is 1. The van der Waals surface area contributed by atoms with Gasteiger partial charge in [-0.15, -0.1) is 22.7 Å². The zero-order valence-electron chi connectivity index (χ0n) is 9.97. The average Bonchev–Trinajstić information content (AvgIpc) is 3.09. The Hall–Kier alpha value is -1.36. The van der Waals surface area contributed by atoms with Gasteiger partial charge >= 0.3 is 0 Å². The summed E-state index contributed by atoms with van der Waals surface area (Å²) in [7, 11) is 0. The molecule has 2 aromatic heterocycles. The first kappa shape index (κ1) is 12.7. The van der Waals surface area contributed by atoms with Gasteiger partial charge in [-0.3, -0.25) is 0 Å². The fourth-order valence-electron chi connectivity index (χ4n) is 1.68. The van der Waals surface area contributed by atoms with Crippen molar-refractivity contribution in [2.24, 2.45) is 0 Å². The van der Waals surface area contributed by atoms with Crippen LogP contribution in [-0.2, 0) is 6.54 Å². The van der Waals surface area contributed by atoms with E-state index in [9.17, 15) is 0 Å². The van der Waals surface area contributed by atoms with Gasteiger partial charge in [-0.2, -0.15) is 0 Å². The Morgan fingerprint density at radius 1 is 1.11 bits per heavy atom. The monoisotopic (exact) mass is 306 g/mol. The zero-order valence-corrected chi connectivity index (χ0v) is 12.4. The highest BCUT2D eigenvalue weighted by molar-refractivity contribution is 7.14. The van der Waals surface area contributed by atoms with Crippen LogP contribution in [0, 0.1) is 0 Å². The van der Waals surface area contributed by atoms with Crippen LogP contribution in [0.3, 0.4) is 0 Å².